The lowest BCUT2D eigenvalue weighted by Gasteiger charge is -2.34. The van der Waals surface area contributed by atoms with Crippen molar-refractivity contribution in [2.45, 2.75) is 44.5 Å². The average Bonchev–Trinajstić information content (AvgIpc) is 2.61. The normalized spacial score (nSPS) is 22.9. The summed E-state index contributed by atoms with van der Waals surface area (Å²) in [6, 6.07) is 2.13. The van der Waals surface area contributed by atoms with Crippen molar-refractivity contribution in [3.8, 4) is 0 Å². The zero-order valence-corrected chi connectivity index (χ0v) is 12.1. The molecule has 0 N–H and O–H groups in total. The van der Waals surface area contributed by atoms with Gasteiger partial charge in [0.1, 0.15) is 11.5 Å². The molecule has 1 amide bonds. The minimum absolute atomic E-state index is 0.0213. The fraction of sp³-hybridized carbons (Fsp3) is 0.615. The number of furan rings is 1. The topological polar surface area (TPSA) is 33.5 Å². The van der Waals surface area contributed by atoms with Gasteiger partial charge in [-0.25, -0.2) is 0 Å². The van der Waals surface area contributed by atoms with Crippen LogP contribution in [0.2, 0.25) is 0 Å². The summed E-state index contributed by atoms with van der Waals surface area (Å²) in [5.41, 5.74) is 1.12. The van der Waals surface area contributed by atoms with Gasteiger partial charge in [0, 0.05) is 12.1 Å². The van der Waals surface area contributed by atoms with E-state index in [4.69, 9.17) is 4.42 Å². The Labute approximate surface area is 110 Å². The van der Waals surface area contributed by atoms with Gasteiger partial charge >= 0.3 is 0 Å². The van der Waals surface area contributed by atoms with Gasteiger partial charge in [-0.3, -0.25) is 4.79 Å². The van der Waals surface area contributed by atoms with Crippen LogP contribution in [-0.2, 0) is 4.79 Å². The van der Waals surface area contributed by atoms with Gasteiger partial charge in [-0.05, 0) is 39.7 Å². The van der Waals surface area contributed by atoms with Gasteiger partial charge < -0.3 is 9.32 Å². The zero-order chi connectivity index (χ0) is 12.6. The highest BCUT2D eigenvalue weighted by Crippen LogP contribution is 2.30. The van der Waals surface area contributed by atoms with E-state index in [-0.39, 0.29) is 16.8 Å². The van der Waals surface area contributed by atoms with Crippen LogP contribution in [-0.4, -0.2) is 22.2 Å². The molecule has 0 aliphatic carbocycles. The molecule has 17 heavy (non-hydrogen) atoms. The van der Waals surface area contributed by atoms with Gasteiger partial charge in [-0.2, -0.15) is 0 Å². The molecule has 1 aliphatic heterocycles. The van der Waals surface area contributed by atoms with Crippen LogP contribution in [0, 0.1) is 13.8 Å². The molecule has 1 saturated heterocycles. The molecular weight excluding hydrogens is 282 g/mol. The number of piperidine rings is 1. The Kier molecular flexibility index (Phi) is 3.61. The molecule has 3 nitrogen and oxygen atoms in total. The summed E-state index contributed by atoms with van der Waals surface area (Å²) in [5.74, 6) is 2.02. The Morgan fingerprint density at radius 3 is 2.82 bits per heavy atom. The van der Waals surface area contributed by atoms with Crippen LogP contribution >= 0.6 is 15.9 Å². The maximum atomic E-state index is 12.1. The van der Waals surface area contributed by atoms with Crippen LogP contribution in [0.25, 0.3) is 0 Å². The number of carbonyl (C=O) groups is 1. The predicted molar refractivity (Wildman–Crippen MR) is 70.3 cm³/mol. The predicted octanol–water partition coefficient (Wildman–Crippen LogP) is 3.34. The Bertz CT molecular complexity index is 427. The number of aryl methyl sites for hydroxylation is 2. The SMILES string of the molecule is Cc1cc(C(C)N2CCCC(Br)C2=O)c(C)o1. The number of alkyl halides is 1. The molecule has 2 rings (SSSR count). The molecule has 0 spiro atoms. The highest BCUT2D eigenvalue weighted by atomic mass is 79.9. The summed E-state index contributed by atoms with van der Waals surface area (Å²) in [6.07, 6.45) is 1.99. The number of hydrogen-bond acceptors (Lipinski definition) is 2. The summed E-state index contributed by atoms with van der Waals surface area (Å²) in [6.45, 7) is 6.80. The first-order chi connectivity index (χ1) is 8.00. The maximum absolute atomic E-state index is 12.1. The van der Waals surface area contributed by atoms with Crippen LogP contribution in [0.3, 0.4) is 0 Å². The lowest BCUT2D eigenvalue weighted by molar-refractivity contribution is -0.134. The highest BCUT2D eigenvalue weighted by molar-refractivity contribution is 9.10. The molecule has 1 aromatic rings. The third kappa shape index (κ3) is 2.41. The second-order valence-corrected chi connectivity index (χ2v) is 5.79. The molecular formula is C13H18BrNO2. The van der Waals surface area contributed by atoms with Crippen molar-refractivity contribution < 1.29 is 9.21 Å². The number of rotatable bonds is 2. The molecule has 0 bridgehead atoms. The third-order valence-corrected chi connectivity index (χ3v) is 4.25. The minimum atomic E-state index is -0.0213. The number of amides is 1. The van der Waals surface area contributed by atoms with E-state index in [9.17, 15) is 4.79 Å². The van der Waals surface area contributed by atoms with E-state index < -0.39 is 0 Å². The summed E-state index contributed by atoms with van der Waals surface area (Å²) < 4.78 is 5.54. The Hall–Kier alpha value is -0.770. The van der Waals surface area contributed by atoms with Crippen LogP contribution in [0.15, 0.2) is 10.5 Å². The van der Waals surface area contributed by atoms with E-state index in [2.05, 4.69) is 22.9 Å². The van der Waals surface area contributed by atoms with Gasteiger partial charge in [0.25, 0.3) is 0 Å². The van der Waals surface area contributed by atoms with E-state index in [1.807, 2.05) is 24.8 Å². The van der Waals surface area contributed by atoms with Crippen molar-refractivity contribution >= 4 is 21.8 Å². The van der Waals surface area contributed by atoms with E-state index in [0.29, 0.717) is 0 Å². The first-order valence-electron chi connectivity index (χ1n) is 6.02. The molecule has 1 aromatic heterocycles. The minimum Gasteiger partial charge on any atom is -0.466 e. The van der Waals surface area contributed by atoms with Crippen molar-refractivity contribution in [1.82, 2.24) is 4.90 Å². The fourth-order valence-corrected chi connectivity index (χ4v) is 3.06. The van der Waals surface area contributed by atoms with Crippen molar-refractivity contribution in [1.29, 1.82) is 0 Å². The van der Waals surface area contributed by atoms with Crippen LogP contribution in [0.5, 0.6) is 0 Å². The maximum Gasteiger partial charge on any atom is 0.236 e. The van der Waals surface area contributed by atoms with E-state index >= 15 is 0 Å². The number of halogens is 1. The molecule has 2 atom stereocenters. The highest BCUT2D eigenvalue weighted by Gasteiger charge is 2.31. The average molecular weight is 300 g/mol. The zero-order valence-electron chi connectivity index (χ0n) is 10.5. The van der Waals surface area contributed by atoms with Crippen LogP contribution in [0.4, 0.5) is 0 Å². The van der Waals surface area contributed by atoms with Crippen molar-refractivity contribution in [2.24, 2.45) is 0 Å². The molecule has 4 heteroatoms. The van der Waals surface area contributed by atoms with E-state index in [1.54, 1.807) is 0 Å². The third-order valence-electron chi connectivity index (χ3n) is 3.40. The van der Waals surface area contributed by atoms with Crippen molar-refractivity contribution in [2.75, 3.05) is 6.54 Å². The standard InChI is InChI=1S/C13H18BrNO2/c1-8-7-11(10(3)17-8)9(2)15-6-4-5-12(14)13(15)16/h7,9,12H,4-6H2,1-3H3. The number of hydrogen-bond donors (Lipinski definition) is 0. The van der Waals surface area contributed by atoms with E-state index in [1.165, 1.54) is 0 Å². The summed E-state index contributed by atoms with van der Waals surface area (Å²) in [7, 11) is 0. The van der Waals surface area contributed by atoms with Crippen LogP contribution < -0.4 is 0 Å². The molecule has 0 radical (unpaired) electrons. The van der Waals surface area contributed by atoms with Gasteiger partial charge in [-0.15, -0.1) is 0 Å². The fourth-order valence-electron chi connectivity index (χ4n) is 2.47. The summed E-state index contributed by atoms with van der Waals surface area (Å²) in [4.78, 5) is 14.0. The summed E-state index contributed by atoms with van der Waals surface area (Å²) >= 11 is 3.44. The first kappa shape index (κ1) is 12.7. The van der Waals surface area contributed by atoms with Gasteiger partial charge in [0.15, 0.2) is 0 Å². The van der Waals surface area contributed by atoms with Crippen molar-refractivity contribution in [3.63, 3.8) is 0 Å². The van der Waals surface area contributed by atoms with Crippen molar-refractivity contribution in [3.05, 3.63) is 23.2 Å². The Morgan fingerprint density at radius 1 is 1.53 bits per heavy atom. The molecule has 0 aromatic carbocycles. The van der Waals surface area contributed by atoms with Gasteiger partial charge in [0.05, 0.1) is 10.9 Å². The van der Waals surface area contributed by atoms with E-state index in [0.717, 1.165) is 36.5 Å². The van der Waals surface area contributed by atoms with Gasteiger partial charge in [-0.1, -0.05) is 15.9 Å². The molecule has 1 fully saturated rings. The van der Waals surface area contributed by atoms with Crippen LogP contribution in [0.1, 0.15) is 42.9 Å². The summed E-state index contributed by atoms with van der Waals surface area (Å²) in [5, 5.41) is 0. The number of likely N-dealkylation sites (tertiary alicyclic amines) is 1. The smallest absolute Gasteiger partial charge is 0.236 e. The molecule has 0 saturated carbocycles. The first-order valence-corrected chi connectivity index (χ1v) is 6.93. The second-order valence-electron chi connectivity index (χ2n) is 4.69. The largest absolute Gasteiger partial charge is 0.466 e. The number of nitrogens with zero attached hydrogens (tertiary/aromatic N) is 1. The lowest BCUT2D eigenvalue weighted by Crippen LogP contribution is -2.43. The number of carbonyl (C=O) groups excluding carboxylic acids is 1. The molecule has 94 valence electrons. The quantitative estimate of drug-likeness (QED) is 0.785. The molecule has 2 heterocycles. The second kappa shape index (κ2) is 4.84. The molecule has 2 unspecified atom stereocenters. The Balaban J connectivity index is 2.22. The Morgan fingerprint density at radius 2 is 2.24 bits per heavy atom. The lowest BCUT2D eigenvalue weighted by atomic mass is 10.0. The monoisotopic (exact) mass is 299 g/mol. The van der Waals surface area contributed by atoms with Gasteiger partial charge in [0.2, 0.25) is 5.91 Å². The molecule has 1 aliphatic rings.